The van der Waals surface area contributed by atoms with E-state index in [4.69, 9.17) is 10.2 Å². The highest BCUT2D eigenvalue weighted by molar-refractivity contribution is 5.86. The average molecular weight is 284 g/mol. The lowest BCUT2D eigenvalue weighted by molar-refractivity contribution is -0.145. The number of carbonyl (C=O) groups excluding carboxylic acids is 1. The normalized spacial score (nSPS) is 11.9. The maximum atomic E-state index is 11.7. The number of rotatable bonds is 9. The molecular weight excluding hydrogens is 270 g/mol. The second kappa shape index (κ2) is 9.03. The summed E-state index contributed by atoms with van der Waals surface area (Å²) in [5, 5.41) is 21.1. The van der Waals surface area contributed by atoms with E-state index in [1.54, 1.807) is 0 Å². The van der Waals surface area contributed by atoms with Crippen molar-refractivity contribution < 1.29 is 38.1 Å². The summed E-state index contributed by atoms with van der Waals surface area (Å²) in [5.41, 5.74) is 0. The minimum absolute atomic E-state index is 0.113. The van der Waals surface area contributed by atoms with Crippen LogP contribution in [0.4, 0.5) is 13.6 Å². The molecular formula is C9H14F2N2O6. The molecule has 0 rings (SSSR count). The monoisotopic (exact) mass is 284 g/mol. The smallest absolute Gasteiger partial charge is 0.326 e. The Balaban J connectivity index is 3.87. The minimum Gasteiger partial charge on any atom is -0.481 e. The Morgan fingerprint density at radius 2 is 1.84 bits per heavy atom. The van der Waals surface area contributed by atoms with Crippen LogP contribution in [0.25, 0.3) is 0 Å². The topological polar surface area (TPSA) is 125 Å². The number of carboxylic acids is 2. The number of urea groups is 1. The molecule has 0 fully saturated rings. The molecule has 19 heavy (non-hydrogen) atoms. The van der Waals surface area contributed by atoms with Gasteiger partial charge in [-0.25, -0.2) is 18.4 Å². The highest BCUT2D eigenvalue weighted by Crippen LogP contribution is 1.93. The van der Waals surface area contributed by atoms with Crippen molar-refractivity contribution in [2.45, 2.75) is 18.9 Å². The number of nitrogens with one attached hydrogen (secondary N) is 2. The van der Waals surface area contributed by atoms with Gasteiger partial charge in [0.05, 0.1) is 13.0 Å². The molecule has 0 heterocycles. The first-order valence-electron chi connectivity index (χ1n) is 5.17. The SMILES string of the molecule is O=C(O)C[C@@H](NC(=O)NCCOCC(F)F)C(=O)O. The number of alkyl halides is 2. The number of ether oxygens (including phenoxy) is 1. The highest BCUT2D eigenvalue weighted by atomic mass is 19.3. The first-order valence-corrected chi connectivity index (χ1v) is 5.17. The van der Waals surface area contributed by atoms with E-state index in [2.05, 4.69) is 10.1 Å². The van der Waals surface area contributed by atoms with Gasteiger partial charge < -0.3 is 25.6 Å². The lowest BCUT2D eigenvalue weighted by atomic mass is 10.2. The summed E-state index contributed by atoms with van der Waals surface area (Å²) < 4.78 is 27.8. The van der Waals surface area contributed by atoms with Gasteiger partial charge in [0.1, 0.15) is 12.6 Å². The Bertz CT molecular complexity index is 326. The Kier molecular flexibility index (Phi) is 8.09. The Morgan fingerprint density at radius 3 is 2.32 bits per heavy atom. The van der Waals surface area contributed by atoms with Crippen molar-refractivity contribution in [3.63, 3.8) is 0 Å². The summed E-state index contributed by atoms with van der Waals surface area (Å²) >= 11 is 0. The summed E-state index contributed by atoms with van der Waals surface area (Å²) in [6.45, 7) is -1.05. The van der Waals surface area contributed by atoms with Gasteiger partial charge in [-0.1, -0.05) is 0 Å². The molecule has 0 saturated heterocycles. The minimum atomic E-state index is -2.61. The summed E-state index contributed by atoms with van der Waals surface area (Å²) in [6.07, 6.45) is -3.38. The van der Waals surface area contributed by atoms with E-state index in [0.29, 0.717) is 0 Å². The fraction of sp³-hybridized carbons (Fsp3) is 0.667. The fourth-order valence-electron chi connectivity index (χ4n) is 0.993. The standard InChI is InChI=1S/C9H14F2N2O6/c10-6(11)4-19-2-1-12-9(18)13-5(8(16)17)3-7(14)15/h5-6H,1-4H2,(H,14,15)(H,16,17)(H2,12,13,18)/t5-/m1/s1. The third-order valence-corrected chi connectivity index (χ3v) is 1.76. The molecule has 8 nitrogen and oxygen atoms in total. The molecule has 110 valence electrons. The molecule has 0 aromatic heterocycles. The molecule has 0 aliphatic heterocycles. The van der Waals surface area contributed by atoms with Crippen LogP contribution in [-0.4, -0.2) is 60.4 Å². The van der Waals surface area contributed by atoms with Crippen LogP contribution in [0.5, 0.6) is 0 Å². The second-order valence-corrected chi connectivity index (χ2v) is 3.35. The molecule has 4 N–H and O–H groups in total. The third-order valence-electron chi connectivity index (χ3n) is 1.76. The fourth-order valence-corrected chi connectivity index (χ4v) is 0.993. The van der Waals surface area contributed by atoms with E-state index < -0.39 is 43.5 Å². The number of carboxylic acid groups (broad SMARTS) is 2. The van der Waals surface area contributed by atoms with Crippen LogP contribution in [0.15, 0.2) is 0 Å². The predicted octanol–water partition coefficient (Wildman–Crippen LogP) is -0.505. The van der Waals surface area contributed by atoms with E-state index >= 15 is 0 Å². The van der Waals surface area contributed by atoms with Gasteiger partial charge in [-0.3, -0.25) is 4.79 Å². The number of hydrogen-bond donors (Lipinski definition) is 4. The van der Waals surface area contributed by atoms with Crippen LogP contribution in [0.2, 0.25) is 0 Å². The number of hydrogen-bond acceptors (Lipinski definition) is 4. The van der Waals surface area contributed by atoms with Crippen molar-refractivity contribution in [3.8, 4) is 0 Å². The zero-order chi connectivity index (χ0) is 14.8. The summed E-state index contributed by atoms with van der Waals surface area (Å²) in [6, 6.07) is -2.49. The molecule has 1 atom stereocenters. The zero-order valence-corrected chi connectivity index (χ0v) is 9.77. The number of halogens is 2. The molecule has 10 heteroatoms. The van der Waals surface area contributed by atoms with E-state index in [1.165, 1.54) is 0 Å². The van der Waals surface area contributed by atoms with Gasteiger partial charge >= 0.3 is 18.0 Å². The molecule has 0 radical (unpaired) electrons. The van der Waals surface area contributed by atoms with Crippen LogP contribution in [-0.2, 0) is 14.3 Å². The number of amides is 2. The van der Waals surface area contributed by atoms with Crippen molar-refractivity contribution in [3.05, 3.63) is 0 Å². The quantitative estimate of drug-likeness (QED) is 0.423. The van der Waals surface area contributed by atoms with Gasteiger partial charge in [0.2, 0.25) is 0 Å². The second-order valence-electron chi connectivity index (χ2n) is 3.35. The third kappa shape index (κ3) is 9.71. The van der Waals surface area contributed by atoms with Crippen LogP contribution in [0.3, 0.4) is 0 Å². The molecule has 0 aliphatic rings. The molecule has 0 spiro atoms. The van der Waals surface area contributed by atoms with E-state index in [1.807, 2.05) is 5.32 Å². The van der Waals surface area contributed by atoms with E-state index in [0.717, 1.165) is 0 Å². The van der Waals surface area contributed by atoms with Crippen molar-refractivity contribution in [1.82, 2.24) is 10.6 Å². The van der Waals surface area contributed by atoms with Crippen molar-refractivity contribution in [1.29, 1.82) is 0 Å². The molecule has 0 saturated carbocycles. The van der Waals surface area contributed by atoms with Gasteiger partial charge in [0.25, 0.3) is 6.43 Å². The summed E-state index contributed by atoms with van der Waals surface area (Å²) in [7, 11) is 0. The number of carbonyl (C=O) groups is 3. The number of aliphatic carboxylic acids is 2. The Hall–Kier alpha value is -1.97. The van der Waals surface area contributed by atoms with Crippen LogP contribution in [0.1, 0.15) is 6.42 Å². The maximum Gasteiger partial charge on any atom is 0.326 e. The largest absolute Gasteiger partial charge is 0.481 e. The zero-order valence-electron chi connectivity index (χ0n) is 9.77. The van der Waals surface area contributed by atoms with E-state index in [-0.39, 0.29) is 13.2 Å². The average Bonchev–Trinajstić information content (AvgIpc) is 2.26. The molecule has 0 aromatic carbocycles. The van der Waals surface area contributed by atoms with Gasteiger partial charge in [0.15, 0.2) is 0 Å². The van der Waals surface area contributed by atoms with Gasteiger partial charge in [-0.2, -0.15) is 0 Å². The summed E-state index contributed by atoms with van der Waals surface area (Å²) in [5.74, 6) is -2.88. The molecule has 0 unspecified atom stereocenters. The van der Waals surface area contributed by atoms with Crippen molar-refractivity contribution >= 4 is 18.0 Å². The van der Waals surface area contributed by atoms with E-state index in [9.17, 15) is 23.2 Å². The van der Waals surface area contributed by atoms with Crippen molar-refractivity contribution in [2.24, 2.45) is 0 Å². The first-order chi connectivity index (χ1) is 8.82. The molecule has 0 bridgehead atoms. The highest BCUT2D eigenvalue weighted by Gasteiger charge is 2.22. The van der Waals surface area contributed by atoms with Crippen molar-refractivity contribution in [2.75, 3.05) is 19.8 Å². The Morgan fingerprint density at radius 1 is 1.21 bits per heavy atom. The molecule has 0 aliphatic carbocycles. The summed E-state index contributed by atoms with van der Waals surface area (Å²) in [4.78, 5) is 32.1. The van der Waals surface area contributed by atoms with Crippen LogP contribution < -0.4 is 10.6 Å². The predicted molar refractivity (Wildman–Crippen MR) is 57.0 cm³/mol. The van der Waals surface area contributed by atoms with Gasteiger partial charge in [0, 0.05) is 6.54 Å². The lowest BCUT2D eigenvalue weighted by Gasteiger charge is -2.13. The van der Waals surface area contributed by atoms with Crippen LogP contribution >= 0.6 is 0 Å². The molecule has 0 aromatic rings. The van der Waals surface area contributed by atoms with Crippen LogP contribution in [0, 0.1) is 0 Å². The van der Waals surface area contributed by atoms with Gasteiger partial charge in [-0.15, -0.1) is 0 Å². The van der Waals surface area contributed by atoms with Gasteiger partial charge in [-0.05, 0) is 0 Å². The lowest BCUT2D eigenvalue weighted by Crippen LogP contribution is -2.47. The first kappa shape index (κ1) is 17.0. The maximum absolute atomic E-state index is 11.7. The molecule has 2 amide bonds. The Labute approximate surface area is 106 Å².